The Hall–Kier alpha value is -4.08. The number of para-hydroxylation sites is 1. The fourth-order valence-electron chi connectivity index (χ4n) is 3.56. The quantitative estimate of drug-likeness (QED) is 0.244. The molecule has 4 aromatic rings. The molecule has 0 bridgehead atoms. The molecule has 0 amide bonds. The van der Waals surface area contributed by atoms with Crippen molar-refractivity contribution in [3.05, 3.63) is 106 Å². The molecule has 0 aliphatic heterocycles. The van der Waals surface area contributed by atoms with Crippen molar-refractivity contribution in [2.24, 2.45) is 0 Å². The Morgan fingerprint density at radius 2 is 1.77 bits per heavy atom. The van der Waals surface area contributed by atoms with Crippen LogP contribution in [0.25, 0.3) is 11.4 Å². The summed E-state index contributed by atoms with van der Waals surface area (Å²) in [6, 6.07) is 23.1. The zero-order valence-corrected chi connectivity index (χ0v) is 19.2. The molecule has 0 radical (unpaired) electrons. The number of nitro groups is 1. The number of hydrogen-bond donors (Lipinski definition) is 2. The van der Waals surface area contributed by atoms with E-state index in [-0.39, 0.29) is 24.9 Å². The predicted molar refractivity (Wildman–Crippen MR) is 130 cm³/mol. The molecular formula is C26H26N4O5. The number of aliphatic hydroxyl groups is 1. The summed E-state index contributed by atoms with van der Waals surface area (Å²) in [6.45, 7) is 2.33. The molecular weight excluding hydrogens is 448 g/mol. The Kier molecular flexibility index (Phi) is 7.81. The topological polar surface area (TPSA) is 124 Å². The Balaban J connectivity index is 1.45. The normalized spacial score (nSPS) is 12.7. The first-order valence-electron chi connectivity index (χ1n) is 11.2. The van der Waals surface area contributed by atoms with Gasteiger partial charge < -0.3 is 19.7 Å². The van der Waals surface area contributed by atoms with E-state index in [0.29, 0.717) is 23.7 Å². The third-order valence-electron chi connectivity index (χ3n) is 5.48. The fraction of sp³-hybridized carbons (Fsp3) is 0.231. The second kappa shape index (κ2) is 11.4. The highest BCUT2D eigenvalue weighted by Gasteiger charge is 2.22. The van der Waals surface area contributed by atoms with Crippen molar-refractivity contribution in [2.45, 2.75) is 25.5 Å². The molecule has 0 saturated heterocycles. The van der Waals surface area contributed by atoms with Crippen LogP contribution >= 0.6 is 0 Å². The van der Waals surface area contributed by atoms with E-state index in [0.717, 1.165) is 16.9 Å². The Bertz CT molecular complexity index is 1240. The molecule has 1 heterocycles. The van der Waals surface area contributed by atoms with Crippen molar-refractivity contribution in [2.75, 3.05) is 13.2 Å². The van der Waals surface area contributed by atoms with Gasteiger partial charge in [-0.25, -0.2) is 0 Å². The molecule has 2 atom stereocenters. The van der Waals surface area contributed by atoms with Crippen molar-refractivity contribution in [3.8, 4) is 17.1 Å². The number of rotatable bonds is 11. The van der Waals surface area contributed by atoms with Gasteiger partial charge in [-0.3, -0.25) is 10.1 Å². The summed E-state index contributed by atoms with van der Waals surface area (Å²) in [4.78, 5) is 15.0. The predicted octanol–water partition coefficient (Wildman–Crippen LogP) is 4.27. The summed E-state index contributed by atoms with van der Waals surface area (Å²) in [5, 5.41) is 28.8. The van der Waals surface area contributed by atoms with Crippen LogP contribution < -0.4 is 10.1 Å². The Morgan fingerprint density at radius 3 is 2.49 bits per heavy atom. The van der Waals surface area contributed by atoms with E-state index < -0.39 is 11.0 Å². The monoisotopic (exact) mass is 474 g/mol. The van der Waals surface area contributed by atoms with E-state index in [2.05, 4.69) is 15.5 Å². The summed E-state index contributed by atoms with van der Waals surface area (Å²) in [7, 11) is 0. The highest BCUT2D eigenvalue weighted by Crippen LogP contribution is 2.23. The molecule has 0 fully saturated rings. The summed E-state index contributed by atoms with van der Waals surface area (Å²) in [5.74, 6) is 1.42. The largest absolute Gasteiger partial charge is 0.491 e. The van der Waals surface area contributed by atoms with E-state index in [1.54, 1.807) is 12.1 Å². The fourth-order valence-corrected chi connectivity index (χ4v) is 3.56. The summed E-state index contributed by atoms with van der Waals surface area (Å²) in [6.07, 6.45) is -0.196. The van der Waals surface area contributed by atoms with Crippen LogP contribution in [0.3, 0.4) is 0 Å². The van der Waals surface area contributed by atoms with Gasteiger partial charge in [0.05, 0.1) is 11.0 Å². The van der Waals surface area contributed by atoms with E-state index >= 15 is 0 Å². The molecule has 0 aliphatic carbocycles. The van der Waals surface area contributed by atoms with Crippen molar-refractivity contribution >= 4 is 5.69 Å². The molecule has 180 valence electrons. The zero-order chi connectivity index (χ0) is 24.6. The van der Waals surface area contributed by atoms with Gasteiger partial charge in [-0.05, 0) is 42.7 Å². The maximum atomic E-state index is 10.9. The lowest BCUT2D eigenvalue weighted by Gasteiger charge is -2.19. The van der Waals surface area contributed by atoms with Crippen molar-refractivity contribution in [1.82, 2.24) is 15.5 Å². The van der Waals surface area contributed by atoms with Crippen molar-refractivity contribution in [3.63, 3.8) is 0 Å². The summed E-state index contributed by atoms with van der Waals surface area (Å²) in [5.41, 5.74) is 2.66. The third kappa shape index (κ3) is 6.50. The number of non-ortho nitro benzene ring substituents is 1. The number of aryl methyl sites for hydroxylation is 1. The lowest BCUT2D eigenvalue weighted by molar-refractivity contribution is -0.384. The third-order valence-corrected chi connectivity index (χ3v) is 5.48. The van der Waals surface area contributed by atoms with Gasteiger partial charge in [-0.1, -0.05) is 53.7 Å². The van der Waals surface area contributed by atoms with Gasteiger partial charge in [0, 0.05) is 24.2 Å². The molecule has 2 N–H and O–H groups in total. The van der Waals surface area contributed by atoms with E-state index in [1.807, 2.05) is 61.5 Å². The average molecular weight is 475 g/mol. The molecule has 35 heavy (non-hydrogen) atoms. The van der Waals surface area contributed by atoms with Crippen molar-refractivity contribution < 1.29 is 19.3 Å². The molecule has 0 spiro atoms. The zero-order valence-electron chi connectivity index (χ0n) is 19.2. The lowest BCUT2D eigenvalue weighted by atomic mass is 10.1. The maximum absolute atomic E-state index is 10.9. The van der Waals surface area contributed by atoms with Crippen LogP contribution in [-0.2, 0) is 6.42 Å². The Morgan fingerprint density at radius 1 is 1.06 bits per heavy atom. The SMILES string of the molecule is Cc1ccccc1OCC(O)CNC(Cc1ccccc1)c1nc(-c2ccc([N+](=O)[O-])cc2)no1. The van der Waals surface area contributed by atoms with Gasteiger partial charge in [0.1, 0.15) is 18.5 Å². The average Bonchev–Trinajstić information content (AvgIpc) is 3.37. The standard InChI is InChI=1S/C26H26N4O5/c1-18-7-5-6-10-24(18)34-17-22(31)16-27-23(15-19-8-3-2-4-9-19)26-28-25(29-35-26)20-11-13-21(14-12-20)30(32)33/h2-14,22-23,27,31H,15-17H2,1H3. The first-order valence-corrected chi connectivity index (χ1v) is 11.2. The van der Waals surface area contributed by atoms with Crippen LogP contribution in [0.5, 0.6) is 5.75 Å². The van der Waals surface area contributed by atoms with Gasteiger partial charge in [0.25, 0.3) is 5.69 Å². The molecule has 0 saturated carbocycles. The second-order valence-corrected chi connectivity index (χ2v) is 8.14. The van der Waals surface area contributed by atoms with Crippen LogP contribution in [0.15, 0.2) is 83.4 Å². The lowest BCUT2D eigenvalue weighted by Crippen LogP contribution is -2.35. The minimum absolute atomic E-state index is 0.0111. The first-order chi connectivity index (χ1) is 17.0. The Labute approximate surface area is 202 Å². The molecule has 1 aromatic heterocycles. The van der Waals surface area contributed by atoms with Gasteiger partial charge in [-0.15, -0.1) is 0 Å². The molecule has 0 aliphatic rings. The van der Waals surface area contributed by atoms with Crippen molar-refractivity contribution in [1.29, 1.82) is 0 Å². The number of aromatic nitrogens is 2. The van der Waals surface area contributed by atoms with E-state index in [4.69, 9.17) is 9.26 Å². The number of nitrogens with zero attached hydrogens (tertiary/aromatic N) is 3. The number of ether oxygens (including phenoxy) is 1. The number of nitro benzene ring substituents is 1. The number of nitrogens with one attached hydrogen (secondary N) is 1. The van der Waals surface area contributed by atoms with Gasteiger partial charge >= 0.3 is 0 Å². The molecule has 9 nitrogen and oxygen atoms in total. The first kappa shape index (κ1) is 24.1. The molecule has 2 unspecified atom stereocenters. The van der Waals surface area contributed by atoms with Crippen LogP contribution in [-0.4, -0.2) is 39.4 Å². The minimum atomic E-state index is -0.759. The number of aliphatic hydroxyl groups excluding tert-OH is 1. The van der Waals surface area contributed by atoms with Crippen LogP contribution in [0.4, 0.5) is 5.69 Å². The maximum Gasteiger partial charge on any atom is 0.269 e. The van der Waals surface area contributed by atoms with Crippen LogP contribution in [0.1, 0.15) is 23.1 Å². The molecule has 3 aromatic carbocycles. The van der Waals surface area contributed by atoms with Gasteiger partial charge in [0.2, 0.25) is 11.7 Å². The smallest absolute Gasteiger partial charge is 0.269 e. The van der Waals surface area contributed by atoms with Crippen LogP contribution in [0, 0.1) is 17.0 Å². The minimum Gasteiger partial charge on any atom is -0.491 e. The van der Waals surface area contributed by atoms with E-state index in [9.17, 15) is 15.2 Å². The second-order valence-electron chi connectivity index (χ2n) is 8.14. The van der Waals surface area contributed by atoms with Gasteiger partial charge in [0.15, 0.2) is 0 Å². The molecule has 9 heteroatoms. The summed E-state index contributed by atoms with van der Waals surface area (Å²) >= 11 is 0. The molecule has 4 rings (SSSR count). The highest BCUT2D eigenvalue weighted by molar-refractivity contribution is 5.56. The van der Waals surface area contributed by atoms with E-state index in [1.165, 1.54) is 12.1 Å². The highest BCUT2D eigenvalue weighted by atomic mass is 16.6. The van der Waals surface area contributed by atoms with Gasteiger partial charge in [-0.2, -0.15) is 4.98 Å². The van der Waals surface area contributed by atoms with Crippen LogP contribution in [0.2, 0.25) is 0 Å². The number of benzene rings is 3. The number of hydrogen-bond acceptors (Lipinski definition) is 8. The summed E-state index contributed by atoms with van der Waals surface area (Å²) < 4.78 is 11.3.